The molecule has 2 aromatic carbocycles. The van der Waals surface area contributed by atoms with Crippen LogP contribution in [-0.2, 0) is 16.8 Å². The van der Waals surface area contributed by atoms with Crippen LogP contribution in [0, 0.1) is 17.1 Å². The molecule has 4 rings (SSSR count). The molecule has 1 aliphatic heterocycles. The van der Waals surface area contributed by atoms with Crippen molar-refractivity contribution in [2.24, 2.45) is 0 Å². The number of ether oxygens (including phenoxy) is 2. The number of aryl methyl sites for hydroxylation is 1. The molecule has 0 aromatic heterocycles. The minimum absolute atomic E-state index is 0.0539. The van der Waals surface area contributed by atoms with E-state index in [1.54, 1.807) is 24.3 Å². The summed E-state index contributed by atoms with van der Waals surface area (Å²) in [5, 5.41) is 12.6. The number of hydrogen-bond donors (Lipinski definition) is 1. The Morgan fingerprint density at radius 3 is 2.68 bits per heavy atom. The predicted molar refractivity (Wildman–Crippen MR) is 115 cm³/mol. The van der Waals surface area contributed by atoms with Crippen molar-refractivity contribution >= 4 is 11.5 Å². The third kappa shape index (κ3) is 4.58. The Balaban J connectivity index is 1.59. The third-order valence-electron chi connectivity index (χ3n) is 6.26. The Morgan fingerprint density at radius 2 is 2.00 bits per heavy atom. The van der Waals surface area contributed by atoms with Gasteiger partial charge in [0.05, 0.1) is 19.3 Å². The van der Waals surface area contributed by atoms with E-state index in [4.69, 9.17) is 9.47 Å². The molecule has 34 heavy (non-hydrogen) atoms. The van der Waals surface area contributed by atoms with Gasteiger partial charge in [-0.1, -0.05) is 12.1 Å². The molecule has 0 bridgehead atoms. The van der Waals surface area contributed by atoms with Crippen LogP contribution < -0.4 is 14.8 Å². The Bertz CT molecular complexity index is 1200. The van der Waals surface area contributed by atoms with Crippen LogP contribution in [0.15, 0.2) is 42.0 Å². The fourth-order valence-electron chi connectivity index (χ4n) is 4.66. The number of hydrogen-bond acceptors (Lipinski definition) is 4. The van der Waals surface area contributed by atoms with Gasteiger partial charge in [-0.05, 0) is 65.8 Å². The van der Waals surface area contributed by atoms with Gasteiger partial charge in [0, 0.05) is 12.8 Å². The number of fused-ring (bicyclic) bond motifs is 2. The van der Waals surface area contributed by atoms with Crippen LogP contribution >= 0.6 is 0 Å². The molecule has 1 spiro atoms. The molecule has 0 fully saturated rings. The summed E-state index contributed by atoms with van der Waals surface area (Å²) >= 11 is 0. The quantitative estimate of drug-likeness (QED) is 0.462. The number of amides is 1. The second-order valence-electron chi connectivity index (χ2n) is 8.41. The maximum Gasteiger partial charge on any atom is 0.389 e. The fraction of sp³-hybridized carbons (Fsp3) is 0.360. The Morgan fingerprint density at radius 1 is 1.21 bits per heavy atom. The molecule has 1 N–H and O–H groups in total. The minimum atomic E-state index is -4.22. The summed E-state index contributed by atoms with van der Waals surface area (Å²) < 4.78 is 61.8. The van der Waals surface area contributed by atoms with Gasteiger partial charge in [-0.25, -0.2) is 4.39 Å². The lowest BCUT2D eigenvalue weighted by molar-refractivity contribution is -0.136. The van der Waals surface area contributed by atoms with Crippen molar-refractivity contribution in [1.82, 2.24) is 5.32 Å². The molecule has 2 aromatic rings. The van der Waals surface area contributed by atoms with Gasteiger partial charge in [-0.2, -0.15) is 18.4 Å². The van der Waals surface area contributed by atoms with Gasteiger partial charge < -0.3 is 14.8 Å². The average Bonchev–Trinajstić information content (AvgIpc) is 3.12. The number of alkyl halides is 3. The lowest BCUT2D eigenvalue weighted by Crippen LogP contribution is -2.48. The number of carbonyl (C=O) groups excluding carboxylic acids is 1. The molecule has 1 atom stereocenters. The molecule has 2 aliphatic rings. The first-order valence-corrected chi connectivity index (χ1v) is 10.8. The van der Waals surface area contributed by atoms with Crippen LogP contribution in [0.1, 0.15) is 42.4 Å². The molecule has 1 aliphatic carbocycles. The highest BCUT2D eigenvalue weighted by Gasteiger charge is 2.45. The van der Waals surface area contributed by atoms with E-state index in [9.17, 15) is 27.6 Å². The fourth-order valence-corrected chi connectivity index (χ4v) is 4.66. The summed E-state index contributed by atoms with van der Waals surface area (Å²) in [7, 11) is 1.35. The first-order chi connectivity index (χ1) is 16.2. The third-order valence-corrected chi connectivity index (χ3v) is 6.26. The number of nitriles is 1. The van der Waals surface area contributed by atoms with Crippen LogP contribution in [0.5, 0.6) is 11.5 Å². The summed E-state index contributed by atoms with van der Waals surface area (Å²) in [5.41, 5.74) is 1.82. The van der Waals surface area contributed by atoms with Gasteiger partial charge in [0.15, 0.2) is 11.6 Å². The largest absolute Gasteiger partial charge is 0.494 e. The van der Waals surface area contributed by atoms with E-state index < -0.39 is 29.9 Å². The normalized spacial score (nSPS) is 19.6. The van der Waals surface area contributed by atoms with E-state index >= 15 is 0 Å². The molecular formula is C25H22F4N2O3. The van der Waals surface area contributed by atoms with Gasteiger partial charge in [0.1, 0.15) is 17.4 Å². The predicted octanol–water partition coefficient (Wildman–Crippen LogP) is 5.19. The molecule has 0 unspecified atom stereocenters. The molecular weight excluding hydrogens is 452 g/mol. The zero-order valence-corrected chi connectivity index (χ0v) is 18.4. The smallest absolute Gasteiger partial charge is 0.389 e. The number of methoxy groups -OCH3 is 1. The van der Waals surface area contributed by atoms with Gasteiger partial charge in [0.25, 0.3) is 5.91 Å². The van der Waals surface area contributed by atoms with Crippen molar-refractivity contribution in [3.8, 4) is 17.6 Å². The van der Waals surface area contributed by atoms with Crippen molar-refractivity contribution in [3.05, 3.63) is 64.5 Å². The molecule has 1 amide bonds. The molecule has 9 heteroatoms. The number of benzene rings is 2. The summed E-state index contributed by atoms with van der Waals surface area (Å²) in [6.45, 7) is -0.0539. The van der Waals surface area contributed by atoms with Crippen LogP contribution in [0.2, 0.25) is 0 Å². The second kappa shape index (κ2) is 9.01. The van der Waals surface area contributed by atoms with Crippen LogP contribution in [-0.4, -0.2) is 25.8 Å². The van der Waals surface area contributed by atoms with Gasteiger partial charge in [-0.15, -0.1) is 0 Å². The van der Waals surface area contributed by atoms with Gasteiger partial charge in [0.2, 0.25) is 0 Å². The summed E-state index contributed by atoms with van der Waals surface area (Å²) in [6, 6.07) is 11.5. The number of carbonyl (C=O) groups is 1. The SMILES string of the molecule is COc1ccc(C2=C(C#N)C(=O)N[C@@]3(CCc4cc(OCCCC(F)(F)F)ccc43)C2)cc1F. The lowest BCUT2D eigenvalue weighted by Gasteiger charge is -2.37. The monoisotopic (exact) mass is 474 g/mol. The number of rotatable bonds is 6. The summed E-state index contributed by atoms with van der Waals surface area (Å²) in [6.07, 6.45) is -3.78. The van der Waals surface area contributed by atoms with Gasteiger partial charge in [-0.3, -0.25) is 4.79 Å². The molecule has 0 saturated heterocycles. The second-order valence-corrected chi connectivity index (χ2v) is 8.41. The highest BCUT2D eigenvalue weighted by Crippen LogP contribution is 2.47. The average molecular weight is 474 g/mol. The standard InChI is InChI=1S/C25H22F4N2O3/c1-33-22-6-3-15(12-21(22)26)18-13-24(31-23(32)19(18)14-30)9-7-16-11-17(4-5-20(16)24)34-10-2-8-25(27,28)29/h3-6,11-12H,2,7-10,13H2,1H3,(H,31,32)/t24-/m0/s1. The summed E-state index contributed by atoms with van der Waals surface area (Å²) in [4.78, 5) is 12.9. The van der Waals surface area contributed by atoms with Crippen LogP contribution in [0.3, 0.4) is 0 Å². The lowest BCUT2D eigenvalue weighted by atomic mass is 9.78. The zero-order valence-electron chi connectivity index (χ0n) is 18.4. The summed E-state index contributed by atoms with van der Waals surface area (Å²) in [5.74, 6) is -0.595. The molecule has 0 saturated carbocycles. The van der Waals surface area contributed by atoms with E-state index in [0.717, 1.165) is 11.1 Å². The van der Waals surface area contributed by atoms with Crippen LogP contribution in [0.4, 0.5) is 17.6 Å². The minimum Gasteiger partial charge on any atom is -0.494 e. The van der Waals surface area contributed by atoms with Crippen molar-refractivity contribution < 1.29 is 31.8 Å². The first-order valence-electron chi connectivity index (χ1n) is 10.8. The number of halogens is 4. The molecule has 5 nitrogen and oxygen atoms in total. The van der Waals surface area contributed by atoms with Gasteiger partial charge >= 0.3 is 6.18 Å². The topological polar surface area (TPSA) is 71.3 Å². The molecule has 0 radical (unpaired) electrons. The first kappa shape index (κ1) is 23.6. The maximum atomic E-state index is 14.4. The molecule has 178 valence electrons. The maximum absolute atomic E-state index is 14.4. The highest BCUT2D eigenvalue weighted by atomic mass is 19.4. The van der Waals surface area contributed by atoms with Crippen molar-refractivity contribution in [2.75, 3.05) is 13.7 Å². The Labute approximate surface area is 194 Å². The number of nitrogens with zero attached hydrogens (tertiary/aromatic N) is 1. The van der Waals surface area contributed by atoms with E-state index in [-0.39, 0.29) is 24.4 Å². The van der Waals surface area contributed by atoms with Crippen molar-refractivity contribution in [1.29, 1.82) is 5.26 Å². The number of nitrogens with one attached hydrogen (secondary N) is 1. The van der Waals surface area contributed by atoms with E-state index in [1.807, 2.05) is 6.07 Å². The Hall–Kier alpha value is -3.54. The van der Waals surface area contributed by atoms with Crippen molar-refractivity contribution in [3.63, 3.8) is 0 Å². The van der Waals surface area contributed by atoms with E-state index in [1.165, 1.54) is 19.2 Å². The Kier molecular flexibility index (Phi) is 6.26. The van der Waals surface area contributed by atoms with E-state index in [0.29, 0.717) is 36.1 Å². The van der Waals surface area contributed by atoms with Crippen LogP contribution in [0.25, 0.3) is 5.57 Å². The zero-order chi connectivity index (χ0) is 24.5. The van der Waals surface area contributed by atoms with E-state index in [2.05, 4.69) is 5.32 Å². The highest BCUT2D eigenvalue weighted by molar-refractivity contribution is 6.07. The van der Waals surface area contributed by atoms with Crippen molar-refractivity contribution in [2.45, 2.75) is 43.8 Å². The molecule has 1 heterocycles.